The van der Waals surface area contributed by atoms with Gasteiger partial charge in [0, 0.05) is 0 Å². The van der Waals surface area contributed by atoms with E-state index in [9.17, 15) is 0 Å². The molecule has 2 nitrogen and oxygen atoms in total. The zero-order valence-electron chi connectivity index (χ0n) is 13.9. The molecule has 0 bridgehead atoms. The average molecular weight is 288 g/mol. The van der Waals surface area contributed by atoms with Crippen LogP contribution in [0.4, 0.5) is 0 Å². The van der Waals surface area contributed by atoms with Crippen LogP contribution in [-0.2, 0) is 0 Å². The molecular formula is C19H28O2. The topological polar surface area (TPSA) is 18.5 Å². The van der Waals surface area contributed by atoms with E-state index in [-0.39, 0.29) is 0 Å². The largest absolute Gasteiger partial charge is 0.497 e. The first-order valence-corrected chi connectivity index (χ1v) is 7.67. The van der Waals surface area contributed by atoms with Gasteiger partial charge >= 0.3 is 0 Å². The van der Waals surface area contributed by atoms with Crippen molar-refractivity contribution in [3.8, 4) is 17.2 Å². The van der Waals surface area contributed by atoms with Crippen molar-refractivity contribution < 1.29 is 9.47 Å². The Morgan fingerprint density at radius 2 is 1.10 bits per heavy atom. The van der Waals surface area contributed by atoms with Gasteiger partial charge in [-0.1, -0.05) is 58.7 Å². The van der Waals surface area contributed by atoms with Crippen LogP contribution in [0.25, 0.3) is 0 Å². The standard InChI is InChI=1S/C13H12O2.C4H10.C2H6/c1-14-11-7-9-13(10-8-11)15-12-5-3-2-4-6-12;1-3-4-2;1-2/h2-10H,1H3;3-4H2,1-2H3;1-2H3. The molecule has 0 spiro atoms. The highest BCUT2D eigenvalue weighted by atomic mass is 16.5. The Bertz CT molecular complexity index is 433. The maximum atomic E-state index is 5.62. The monoisotopic (exact) mass is 288 g/mol. The van der Waals surface area contributed by atoms with Crippen molar-refractivity contribution in [1.82, 2.24) is 0 Å². The fourth-order valence-corrected chi connectivity index (χ4v) is 1.27. The molecule has 0 saturated carbocycles. The van der Waals surface area contributed by atoms with Crippen molar-refractivity contribution in [2.45, 2.75) is 40.5 Å². The molecule has 0 aliphatic heterocycles. The van der Waals surface area contributed by atoms with Gasteiger partial charge in [-0.05, 0) is 36.4 Å². The Morgan fingerprint density at radius 3 is 1.52 bits per heavy atom. The van der Waals surface area contributed by atoms with Gasteiger partial charge in [0.15, 0.2) is 0 Å². The lowest BCUT2D eigenvalue weighted by Gasteiger charge is -2.05. The van der Waals surface area contributed by atoms with Crippen LogP contribution < -0.4 is 9.47 Å². The van der Waals surface area contributed by atoms with Gasteiger partial charge in [0.05, 0.1) is 7.11 Å². The molecule has 0 aliphatic carbocycles. The fraction of sp³-hybridized carbons (Fsp3) is 0.368. The number of hydrogen-bond donors (Lipinski definition) is 0. The number of para-hydroxylation sites is 1. The van der Waals surface area contributed by atoms with Crippen LogP contribution in [0.1, 0.15) is 40.5 Å². The molecule has 0 amide bonds. The molecule has 0 unspecified atom stereocenters. The second-order valence-corrected chi connectivity index (χ2v) is 4.09. The lowest BCUT2D eigenvalue weighted by Crippen LogP contribution is -1.85. The van der Waals surface area contributed by atoms with Gasteiger partial charge in [0.25, 0.3) is 0 Å². The van der Waals surface area contributed by atoms with E-state index in [1.807, 2.05) is 68.4 Å². The summed E-state index contributed by atoms with van der Waals surface area (Å²) >= 11 is 0. The summed E-state index contributed by atoms with van der Waals surface area (Å²) in [6, 6.07) is 17.2. The molecule has 2 aromatic rings. The highest BCUT2D eigenvalue weighted by Crippen LogP contribution is 2.23. The molecule has 0 saturated heterocycles. The highest BCUT2D eigenvalue weighted by Gasteiger charge is 1.96. The van der Waals surface area contributed by atoms with Gasteiger partial charge in [-0.3, -0.25) is 0 Å². The zero-order chi connectivity index (χ0) is 15.9. The zero-order valence-corrected chi connectivity index (χ0v) is 13.9. The minimum absolute atomic E-state index is 0.807. The summed E-state index contributed by atoms with van der Waals surface area (Å²) in [5.74, 6) is 2.47. The molecule has 0 N–H and O–H groups in total. The summed E-state index contributed by atoms with van der Waals surface area (Å²) in [6.07, 6.45) is 2.64. The molecule has 2 heteroatoms. The van der Waals surface area contributed by atoms with E-state index >= 15 is 0 Å². The third kappa shape index (κ3) is 8.74. The second-order valence-electron chi connectivity index (χ2n) is 4.09. The maximum absolute atomic E-state index is 5.62. The van der Waals surface area contributed by atoms with Crippen LogP contribution in [0.5, 0.6) is 17.2 Å². The van der Waals surface area contributed by atoms with E-state index in [0.717, 1.165) is 17.2 Å². The van der Waals surface area contributed by atoms with E-state index in [2.05, 4.69) is 13.8 Å². The number of benzene rings is 2. The molecule has 0 fully saturated rings. The van der Waals surface area contributed by atoms with Gasteiger partial charge in [-0.2, -0.15) is 0 Å². The molecule has 0 heterocycles. The van der Waals surface area contributed by atoms with Crippen molar-refractivity contribution in [2.24, 2.45) is 0 Å². The van der Waals surface area contributed by atoms with Gasteiger partial charge in [0.2, 0.25) is 0 Å². The summed E-state index contributed by atoms with van der Waals surface area (Å²) in [5, 5.41) is 0. The Hall–Kier alpha value is -1.96. The molecule has 116 valence electrons. The van der Waals surface area contributed by atoms with E-state index in [1.54, 1.807) is 7.11 Å². The van der Waals surface area contributed by atoms with Gasteiger partial charge in [0.1, 0.15) is 17.2 Å². The third-order valence-electron chi connectivity index (χ3n) is 2.54. The smallest absolute Gasteiger partial charge is 0.127 e. The van der Waals surface area contributed by atoms with Crippen LogP contribution >= 0.6 is 0 Å². The molecule has 0 radical (unpaired) electrons. The Labute approximate surface area is 129 Å². The lowest BCUT2D eigenvalue weighted by molar-refractivity contribution is 0.413. The van der Waals surface area contributed by atoms with E-state index in [0.29, 0.717) is 0 Å². The minimum atomic E-state index is 0.807. The lowest BCUT2D eigenvalue weighted by atomic mass is 10.3. The van der Waals surface area contributed by atoms with Crippen LogP contribution in [0.15, 0.2) is 54.6 Å². The number of ether oxygens (including phenoxy) is 2. The first kappa shape index (κ1) is 19.0. The van der Waals surface area contributed by atoms with Crippen LogP contribution in [-0.4, -0.2) is 7.11 Å². The number of hydrogen-bond acceptors (Lipinski definition) is 2. The Balaban J connectivity index is 0.000000579. The molecule has 21 heavy (non-hydrogen) atoms. The summed E-state index contributed by atoms with van der Waals surface area (Å²) in [5.41, 5.74) is 0. The first-order chi connectivity index (χ1) is 10.3. The van der Waals surface area contributed by atoms with Gasteiger partial charge < -0.3 is 9.47 Å². The first-order valence-electron chi connectivity index (χ1n) is 7.67. The van der Waals surface area contributed by atoms with Crippen molar-refractivity contribution in [1.29, 1.82) is 0 Å². The molecule has 0 atom stereocenters. The molecule has 0 aromatic heterocycles. The summed E-state index contributed by atoms with van der Waals surface area (Å²) < 4.78 is 10.7. The number of methoxy groups -OCH3 is 1. The molecule has 2 rings (SSSR count). The SMILES string of the molecule is CC.CCCC.COc1ccc(Oc2ccccc2)cc1. The van der Waals surface area contributed by atoms with E-state index in [1.165, 1.54) is 12.8 Å². The molecular weight excluding hydrogens is 260 g/mol. The normalized spacial score (nSPS) is 8.62. The predicted octanol–water partition coefficient (Wildman–Crippen LogP) is 6.32. The minimum Gasteiger partial charge on any atom is -0.497 e. The second kappa shape index (κ2) is 13.0. The van der Waals surface area contributed by atoms with Crippen molar-refractivity contribution >= 4 is 0 Å². The predicted molar refractivity (Wildman–Crippen MR) is 91.4 cm³/mol. The van der Waals surface area contributed by atoms with Crippen LogP contribution in [0, 0.1) is 0 Å². The summed E-state index contributed by atoms with van der Waals surface area (Å²) in [6.45, 7) is 8.36. The van der Waals surface area contributed by atoms with Gasteiger partial charge in [-0.25, -0.2) is 0 Å². The van der Waals surface area contributed by atoms with Crippen LogP contribution in [0.3, 0.4) is 0 Å². The summed E-state index contributed by atoms with van der Waals surface area (Å²) in [4.78, 5) is 0. The van der Waals surface area contributed by atoms with E-state index < -0.39 is 0 Å². The Kier molecular flexibility index (Phi) is 11.8. The van der Waals surface area contributed by atoms with Gasteiger partial charge in [-0.15, -0.1) is 0 Å². The Morgan fingerprint density at radius 1 is 0.667 bits per heavy atom. The van der Waals surface area contributed by atoms with Crippen molar-refractivity contribution in [3.05, 3.63) is 54.6 Å². The number of unbranched alkanes of at least 4 members (excludes halogenated alkanes) is 1. The summed E-state index contributed by atoms with van der Waals surface area (Å²) in [7, 11) is 1.65. The van der Waals surface area contributed by atoms with Crippen LogP contribution in [0.2, 0.25) is 0 Å². The third-order valence-corrected chi connectivity index (χ3v) is 2.54. The van der Waals surface area contributed by atoms with E-state index in [4.69, 9.17) is 9.47 Å². The maximum Gasteiger partial charge on any atom is 0.127 e. The average Bonchev–Trinajstić information content (AvgIpc) is 2.58. The van der Waals surface area contributed by atoms with Crippen molar-refractivity contribution in [2.75, 3.05) is 7.11 Å². The molecule has 0 aliphatic rings. The van der Waals surface area contributed by atoms with Crippen molar-refractivity contribution in [3.63, 3.8) is 0 Å². The molecule has 2 aromatic carbocycles. The fourth-order valence-electron chi connectivity index (χ4n) is 1.27. The quantitative estimate of drug-likeness (QED) is 0.655. The number of rotatable bonds is 4. The highest BCUT2D eigenvalue weighted by molar-refractivity contribution is 5.35.